The molecule has 342 valence electrons. The Hall–Kier alpha value is -9.10. The average molecular weight is 952 g/mol. The Morgan fingerprint density at radius 2 is 0.986 bits per heavy atom. The highest BCUT2D eigenvalue weighted by molar-refractivity contribution is 7.25. The number of nitrogens with zero attached hydrogens (tertiary/aromatic N) is 3. The Bertz CT molecular complexity index is 4840. The maximum absolute atomic E-state index is 6.68. The van der Waals surface area contributed by atoms with Crippen LogP contribution in [0.4, 0.5) is 0 Å². The molecule has 5 nitrogen and oxygen atoms in total. The third-order valence-electron chi connectivity index (χ3n) is 15.7. The number of furan rings is 2. The summed E-state index contributed by atoms with van der Waals surface area (Å²) in [7, 11) is 0. The highest BCUT2D eigenvalue weighted by atomic mass is 32.1. The Labute approximate surface area is 422 Å². The Balaban J connectivity index is 0.898. The van der Waals surface area contributed by atoms with Crippen LogP contribution < -0.4 is 0 Å². The summed E-state index contributed by atoms with van der Waals surface area (Å²) in [4.78, 5) is 12.2. The first-order valence-corrected chi connectivity index (χ1v) is 25.7. The molecule has 5 heterocycles. The summed E-state index contributed by atoms with van der Waals surface area (Å²) in [5, 5.41) is 8.70. The number of rotatable bonds is 5. The van der Waals surface area contributed by atoms with E-state index in [0.717, 1.165) is 103 Å². The molecule has 0 spiro atoms. The minimum atomic E-state index is -0.102. The summed E-state index contributed by atoms with van der Waals surface area (Å²) in [6, 6.07) is 76.3. The van der Waals surface area contributed by atoms with Crippen LogP contribution in [0.5, 0.6) is 0 Å². The molecule has 0 amide bonds. The van der Waals surface area contributed by atoms with Crippen LogP contribution in [0.25, 0.3) is 148 Å². The summed E-state index contributed by atoms with van der Waals surface area (Å²) in [6.45, 7) is 4.69. The van der Waals surface area contributed by atoms with Gasteiger partial charge in [-0.05, 0) is 123 Å². The second-order valence-electron chi connectivity index (χ2n) is 20.0. The molecule has 10 aromatic carbocycles. The fourth-order valence-electron chi connectivity index (χ4n) is 12.2. The molecule has 5 aromatic heterocycles. The summed E-state index contributed by atoms with van der Waals surface area (Å²) < 4.78 is 16.7. The van der Waals surface area contributed by atoms with E-state index in [2.05, 4.69) is 219 Å². The summed E-state index contributed by atoms with van der Waals surface area (Å²) in [5.74, 6) is 0.647. The number of hydrogen-bond donors (Lipinski definition) is 0. The van der Waals surface area contributed by atoms with Crippen molar-refractivity contribution in [3.8, 4) is 61.7 Å². The van der Waals surface area contributed by atoms with Crippen LogP contribution in [-0.4, -0.2) is 14.5 Å². The highest BCUT2D eigenvalue weighted by Crippen LogP contribution is 2.51. The molecular weight excluding hydrogens is 911 g/mol. The SMILES string of the molecule is CC1(C)c2ccccc2-c2ccc(-c3ccc4sc5nc(-c6cccc7oc8ccc(-c9ccc%10c(c9)c9ccccc9n%10-c9ccccc9)cc8c67)nc(-c6cccc7oc8ccccc8c67)c5c4c3)cc21. The third-order valence-corrected chi connectivity index (χ3v) is 16.7. The number of fused-ring (bicyclic) bond motifs is 15. The van der Waals surface area contributed by atoms with Gasteiger partial charge in [-0.2, -0.15) is 0 Å². The van der Waals surface area contributed by atoms with E-state index in [9.17, 15) is 0 Å². The smallest absolute Gasteiger partial charge is 0.162 e. The van der Waals surface area contributed by atoms with Crippen LogP contribution in [0.1, 0.15) is 25.0 Å². The first-order valence-electron chi connectivity index (χ1n) is 24.9. The number of thiophene rings is 1. The van der Waals surface area contributed by atoms with Gasteiger partial charge >= 0.3 is 0 Å². The van der Waals surface area contributed by atoms with Gasteiger partial charge in [-0.3, -0.25) is 0 Å². The molecule has 15 aromatic rings. The molecule has 0 unspecified atom stereocenters. The van der Waals surface area contributed by atoms with E-state index >= 15 is 0 Å². The zero-order valence-electron chi connectivity index (χ0n) is 39.8. The standard InChI is InChI=1S/C67H41N3O2S/c1-67(2)52-21-9-6-16-43(52)44-30-26-41(37-53(44)67)40-29-33-60-51(36-40)63-64(47-19-12-24-58-61(47)46-18-8-11-23-56(46)71-58)68-65(69-66(63)73-60)48-20-13-25-59-62(48)50-35-39(28-32-57(50)72-59)38-27-31-55-49(34-38)45-17-7-10-22-54(45)70(55)42-14-4-3-5-15-42/h3-37H,1-2H3. The van der Waals surface area contributed by atoms with Crippen molar-refractivity contribution in [3.05, 3.63) is 223 Å². The molecule has 0 aliphatic heterocycles. The van der Waals surface area contributed by atoms with Gasteiger partial charge in [0.2, 0.25) is 0 Å². The van der Waals surface area contributed by atoms with Crippen molar-refractivity contribution in [2.24, 2.45) is 0 Å². The molecule has 0 saturated carbocycles. The van der Waals surface area contributed by atoms with Gasteiger partial charge in [0.15, 0.2) is 5.82 Å². The topological polar surface area (TPSA) is 57.0 Å². The van der Waals surface area contributed by atoms with Crippen LogP contribution in [0.2, 0.25) is 0 Å². The molecule has 0 atom stereocenters. The minimum Gasteiger partial charge on any atom is -0.456 e. The normalized spacial score (nSPS) is 13.2. The van der Waals surface area contributed by atoms with E-state index in [1.165, 1.54) is 49.6 Å². The van der Waals surface area contributed by atoms with Crippen LogP contribution in [-0.2, 0) is 5.41 Å². The lowest BCUT2D eigenvalue weighted by atomic mass is 9.81. The molecule has 16 rings (SSSR count). The Morgan fingerprint density at radius 3 is 1.84 bits per heavy atom. The van der Waals surface area contributed by atoms with Crippen LogP contribution in [0, 0.1) is 0 Å². The Morgan fingerprint density at radius 1 is 0.397 bits per heavy atom. The summed E-state index contributed by atoms with van der Waals surface area (Å²) >= 11 is 1.72. The average Bonchev–Trinajstić information content (AvgIpc) is 4.24. The van der Waals surface area contributed by atoms with Gasteiger partial charge in [-0.1, -0.05) is 147 Å². The molecule has 0 N–H and O–H groups in total. The summed E-state index contributed by atoms with van der Waals surface area (Å²) in [6.07, 6.45) is 0. The molecule has 0 radical (unpaired) electrons. The number of aromatic nitrogens is 3. The molecule has 0 bridgehead atoms. The van der Waals surface area contributed by atoms with E-state index in [0.29, 0.717) is 5.82 Å². The number of hydrogen-bond acceptors (Lipinski definition) is 5. The monoisotopic (exact) mass is 951 g/mol. The first kappa shape index (κ1) is 40.6. The van der Waals surface area contributed by atoms with Crippen molar-refractivity contribution in [3.63, 3.8) is 0 Å². The lowest BCUT2D eigenvalue weighted by molar-refractivity contribution is 0.660. The van der Waals surface area contributed by atoms with E-state index in [1.807, 2.05) is 12.1 Å². The second-order valence-corrected chi connectivity index (χ2v) is 21.0. The van der Waals surface area contributed by atoms with Gasteiger partial charge in [-0.25, -0.2) is 9.97 Å². The number of benzene rings is 10. The first-order chi connectivity index (χ1) is 35.9. The Kier molecular flexibility index (Phi) is 8.33. The van der Waals surface area contributed by atoms with E-state index < -0.39 is 0 Å². The molecule has 1 aliphatic carbocycles. The molecule has 73 heavy (non-hydrogen) atoms. The van der Waals surface area contributed by atoms with Crippen molar-refractivity contribution in [2.45, 2.75) is 19.3 Å². The van der Waals surface area contributed by atoms with Crippen LogP contribution in [0.3, 0.4) is 0 Å². The lowest BCUT2D eigenvalue weighted by Gasteiger charge is -2.22. The zero-order chi connectivity index (χ0) is 48.1. The van der Waals surface area contributed by atoms with Gasteiger partial charge in [0.25, 0.3) is 0 Å². The van der Waals surface area contributed by atoms with Crippen LogP contribution >= 0.6 is 11.3 Å². The van der Waals surface area contributed by atoms with E-state index in [1.54, 1.807) is 11.3 Å². The van der Waals surface area contributed by atoms with Gasteiger partial charge < -0.3 is 13.4 Å². The predicted octanol–water partition coefficient (Wildman–Crippen LogP) is 18.7. The zero-order valence-corrected chi connectivity index (χ0v) is 40.6. The van der Waals surface area contributed by atoms with E-state index in [-0.39, 0.29) is 5.41 Å². The van der Waals surface area contributed by atoms with Gasteiger partial charge in [0, 0.05) is 70.0 Å². The lowest BCUT2D eigenvalue weighted by Crippen LogP contribution is -2.14. The largest absolute Gasteiger partial charge is 0.456 e. The fourth-order valence-corrected chi connectivity index (χ4v) is 13.3. The highest BCUT2D eigenvalue weighted by Gasteiger charge is 2.35. The maximum atomic E-state index is 6.68. The molecule has 0 fully saturated rings. The third kappa shape index (κ3) is 5.84. The van der Waals surface area contributed by atoms with E-state index in [4.69, 9.17) is 18.8 Å². The maximum Gasteiger partial charge on any atom is 0.162 e. The van der Waals surface area contributed by atoms with Crippen molar-refractivity contribution in [1.29, 1.82) is 0 Å². The van der Waals surface area contributed by atoms with Crippen LogP contribution in [0.15, 0.2) is 221 Å². The van der Waals surface area contributed by atoms with Crippen molar-refractivity contribution >= 4 is 97.3 Å². The quantitative estimate of drug-likeness (QED) is 0.172. The van der Waals surface area contributed by atoms with Crippen molar-refractivity contribution in [2.75, 3.05) is 0 Å². The fraction of sp³-hybridized carbons (Fsp3) is 0.0448. The molecular formula is C67H41N3O2S. The summed E-state index contributed by atoms with van der Waals surface area (Å²) in [5.41, 5.74) is 19.5. The van der Waals surface area contributed by atoms with Crippen molar-refractivity contribution < 1.29 is 8.83 Å². The second kappa shape index (κ2) is 15.0. The van der Waals surface area contributed by atoms with Gasteiger partial charge in [0.05, 0.1) is 16.7 Å². The van der Waals surface area contributed by atoms with Crippen molar-refractivity contribution in [1.82, 2.24) is 14.5 Å². The van der Waals surface area contributed by atoms with Gasteiger partial charge in [-0.15, -0.1) is 11.3 Å². The predicted molar refractivity (Wildman–Crippen MR) is 303 cm³/mol. The molecule has 1 aliphatic rings. The minimum absolute atomic E-state index is 0.102. The molecule has 6 heteroatoms. The van der Waals surface area contributed by atoms with Gasteiger partial charge in [0.1, 0.15) is 27.2 Å². The number of para-hydroxylation sites is 3. The molecule has 0 saturated heterocycles.